The molecule has 0 spiro atoms. The van der Waals surface area contributed by atoms with E-state index < -0.39 is 5.97 Å². The van der Waals surface area contributed by atoms with Crippen molar-refractivity contribution in [2.24, 2.45) is 7.05 Å². The molecule has 4 rings (SSSR count). The van der Waals surface area contributed by atoms with Crippen LogP contribution in [-0.4, -0.2) is 51.8 Å². The predicted molar refractivity (Wildman–Crippen MR) is 114 cm³/mol. The van der Waals surface area contributed by atoms with Crippen LogP contribution in [0.5, 0.6) is 11.5 Å². The number of rotatable bonds is 7. The fourth-order valence-corrected chi connectivity index (χ4v) is 3.43. The summed E-state index contributed by atoms with van der Waals surface area (Å²) in [6, 6.07) is 9.16. The van der Waals surface area contributed by atoms with Crippen LogP contribution >= 0.6 is 11.6 Å². The highest BCUT2D eigenvalue weighted by atomic mass is 35.5. The smallest absolute Gasteiger partial charge is 0.343 e. The number of benzene rings is 2. The Morgan fingerprint density at radius 3 is 2.81 bits per heavy atom. The largest absolute Gasteiger partial charge is 0.493 e. The summed E-state index contributed by atoms with van der Waals surface area (Å²) in [6.45, 7) is -0.208. The van der Waals surface area contributed by atoms with E-state index in [1.54, 1.807) is 29.1 Å². The van der Waals surface area contributed by atoms with Gasteiger partial charge in [0.1, 0.15) is 5.82 Å². The van der Waals surface area contributed by atoms with Gasteiger partial charge in [0.15, 0.2) is 23.9 Å². The van der Waals surface area contributed by atoms with Crippen molar-refractivity contribution in [2.75, 3.05) is 20.8 Å². The Morgan fingerprint density at radius 1 is 1.19 bits per heavy atom. The van der Waals surface area contributed by atoms with E-state index in [2.05, 4.69) is 25.0 Å². The van der Waals surface area contributed by atoms with Crippen molar-refractivity contribution in [3.8, 4) is 22.9 Å². The molecule has 0 aliphatic heterocycles. The van der Waals surface area contributed by atoms with E-state index in [0.717, 1.165) is 27.9 Å². The Balaban J connectivity index is 1.59. The quantitative estimate of drug-likeness (QED) is 0.439. The number of esters is 1. The molecule has 1 N–H and O–H groups in total. The first kappa shape index (κ1) is 20.7. The van der Waals surface area contributed by atoms with Gasteiger partial charge in [-0.1, -0.05) is 17.7 Å². The minimum absolute atomic E-state index is 0.208. The second-order valence-corrected chi connectivity index (χ2v) is 7.13. The van der Waals surface area contributed by atoms with E-state index >= 15 is 0 Å². The Labute approximate surface area is 182 Å². The highest BCUT2D eigenvalue weighted by molar-refractivity contribution is 6.36. The number of H-pyrrole nitrogens is 1. The van der Waals surface area contributed by atoms with Crippen LogP contribution in [0.3, 0.4) is 0 Å². The SMILES string of the molecule is COC(=O)COc1ccc(-c2nc(Cc3ccc4[nH]ncc4c3Cl)n(C)n2)cc1OC. The number of nitrogens with zero attached hydrogens (tertiary/aromatic N) is 4. The first-order chi connectivity index (χ1) is 15.0. The zero-order valence-corrected chi connectivity index (χ0v) is 17.9. The van der Waals surface area contributed by atoms with Crippen LogP contribution in [0.15, 0.2) is 36.5 Å². The number of fused-ring (bicyclic) bond motifs is 1. The van der Waals surface area contributed by atoms with Gasteiger partial charge in [0.05, 0.1) is 31.0 Å². The molecule has 0 fully saturated rings. The van der Waals surface area contributed by atoms with Crippen LogP contribution in [0.1, 0.15) is 11.4 Å². The van der Waals surface area contributed by atoms with E-state index in [0.29, 0.717) is 28.8 Å². The summed E-state index contributed by atoms with van der Waals surface area (Å²) in [5.41, 5.74) is 2.57. The zero-order chi connectivity index (χ0) is 22.0. The fraction of sp³-hybridized carbons (Fsp3) is 0.238. The van der Waals surface area contributed by atoms with Crippen LogP contribution in [0.25, 0.3) is 22.3 Å². The third-order valence-electron chi connectivity index (χ3n) is 4.84. The van der Waals surface area contributed by atoms with Gasteiger partial charge >= 0.3 is 5.97 Å². The number of aryl methyl sites for hydroxylation is 1. The van der Waals surface area contributed by atoms with Crippen molar-refractivity contribution in [1.82, 2.24) is 25.0 Å². The summed E-state index contributed by atoms with van der Waals surface area (Å²) >= 11 is 6.55. The maximum Gasteiger partial charge on any atom is 0.343 e. The second-order valence-electron chi connectivity index (χ2n) is 6.75. The number of methoxy groups -OCH3 is 2. The lowest BCUT2D eigenvalue weighted by Gasteiger charge is -2.10. The zero-order valence-electron chi connectivity index (χ0n) is 17.2. The molecular weight excluding hydrogens is 422 g/mol. The molecule has 2 aromatic carbocycles. The molecule has 0 aliphatic rings. The number of carbonyl (C=O) groups excluding carboxylic acids is 1. The number of hydrogen-bond acceptors (Lipinski definition) is 7. The monoisotopic (exact) mass is 441 g/mol. The van der Waals surface area contributed by atoms with Crippen LogP contribution in [0, 0.1) is 0 Å². The molecule has 31 heavy (non-hydrogen) atoms. The van der Waals surface area contributed by atoms with Crippen LogP contribution in [-0.2, 0) is 23.0 Å². The van der Waals surface area contributed by atoms with E-state index in [9.17, 15) is 4.79 Å². The van der Waals surface area contributed by atoms with E-state index in [-0.39, 0.29) is 6.61 Å². The molecule has 0 amide bonds. The molecule has 160 valence electrons. The molecule has 4 aromatic rings. The Hall–Kier alpha value is -3.59. The van der Waals surface area contributed by atoms with Crippen molar-refractivity contribution < 1.29 is 19.0 Å². The van der Waals surface area contributed by atoms with E-state index in [1.807, 2.05) is 19.2 Å². The van der Waals surface area contributed by atoms with Gasteiger partial charge in [-0.3, -0.25) is 9.78 Å². The number of nitrogens with one attached hydrogen (secondary N) is 1. The molecular formula is C21H20ClN5O4. The molecule has 0 saturated carbocycles. The molecule has 0 atom stereocenters. The Morgan fingerprint density at radius 2 is 2.03 bits per heavy atom. The summed E-state index contributed by atoms with van der Waals surface area (Å²) in [7, 11) is 4.66. The molecule has 0 aliphatic carbocycles. The molecule has 9 nitrogen and oxygen atoms in total. The Kier molecular flexibility index (Phi) is 5.77. The van der Waals surface area contributed by atoms with Crippen LogP contribution in [0.4, 0.5) is 0 Å². The lowest BCUT2D eigenvalue weighted by atomic mass is 10.1. The summed E-state index contributed by atoms with van der Waals surface area (Å²) in [5.74, 6) is 1.70. The summed E-state index contributed by atoms with van der Waals surface area (Å²) in [4.78, 5) is 16.0. The number of hydrogen-bond donors (Lipinski definition) is 1. The molecule has 0 radical (unpaired) electrons. The van der Waals surface area contributed by atoms with Crippen LogP contribution < -0.4 is 9.47 Å². The van der Waals surface area contributed by atoms with E-state index in [1.165, 1.54) is 14.2 Å². The average Bonchev–Trinajstić information content (AvgIpc) is 3.41. The van der Waals surface area contributed by atoms with Gasteiger partial charge in [0.25, 0.3) is 0 Å². The average molecular weight is 442 g/mol. The number of aromatic nitrogens is 5. The Bertz CT molecular complexity index is 1250. The summed E-state index contributed by atoms with van der Waals surface area (Å²) in [5, 5.41) is 13.0. The van der Waals surface area contributed by atoms with Gasteiger partial charge < -0.3 is 14.2 Å². The van der Waals surface area contributed by atoms with Gasteiger partial charge in [0.2, 0.25) is 0 Å². The van der Waals surface area contributed by atoms with Gasteiger partial charge in [-0.25, -0.2) is 9.78 Å². The summed E-state index contributed by atoms with van der Waals surface area (Å²) < 4.78 is 17.2. The van der Waals surface area contributed by atoms with Crippen molar-refractivity contribution >= 4 is 28.5 Å². The van der Waals surface area contributed by atoms with Gasteiger partial charge in [-0.2, -0.15) is 10.2 Å². The maximum absolute atomic E-state index is 11.3. The molecule has 0 bridgehead atoms. The maximum atomic E-state index is 11.3. The standard InChI is InChI=1S/C21H20ClN5O4/c1-27-18(9-12-4-6-15-14(20(12)22)10-23-25-15)24-21(26-27)13-5-7-16(17(8-13)29-2)31-11-19(28)30-3/h4-8,10H,9,11H2,1-3H3,(H,23,25). The van der Waals surface area contributed by atoms with Gasteiger partial charge in [-0.05, 0) is 29.8 Å². The second kappa shape index (κ2) is 8.65. The molecule has 10 heteroatoms. The number of aromatic amines is 1. The normalized spacial score (nSPS) is 11.0. The van der Waals surface area contributed by atoms with Crippen molar-refractivity contribution in [1.29, 1.82) is 0 Å². The minimum Gasteiger partial charge on any atom is -0.493 e. The van der Waals surface area contributed by atoms with Gasteiger partial charge in [-0.15, -0.1) is 0 Å². The third kappa shape index (κ3) is 4.17. The third-order valence-corrected chi connectivity index (χ3v) is 5.28. The molecule has 2 heterocycles. The number of ether oxygens (including phenoxy) is 3. The van der Waals surface area contributed by atoms with Crippen LogP contribution in [0.2, 0.25) is 5.02 Å². The first-order valence-corrected chi connectivity index (χ1v) is 9.76. The van der Waals surface area contributed by atoms with Crippen molar-refractivity contribution in [3.63, 3.8) is 0 Å². The first-order valence-electron chi connectivity index (χ1n) is 9.38. The highest BCUT2D eigenvalue weighted by Gasteiger charge is 2.16. The predicted octanol–water partition coefficient (Wildman–Crippen LogP) is 3.16. The topological polar surface area (TPSA) is 104 Å². The lowest BCUT2D eigenvalue weighted by Crippen LogP contribution is -2.12. The van der Waals surface area contributed by atoms with Gasteiger partial charge in [0, 0.05) is 24.4 Å². The van der Waals surface area contributed by atoms with Crippen molar-refractivity contribution in [2.45, 2.75) is 6.42 Å². The number of halogens is 1. The lowest BCUT2D eigenvalue weighted by molar-refractivity contribution is -0.142. The summed E-state index contributed by atoms with van der Waals surface area (Å²) in [6.07, 6.45) is 2.22. The van der Waals surface area contributed by atoms with E-state index in [4.69, 9.17) is 21.1 Å². The fourth-order valence-electron chi connectivity index (χ4n) is 3.15. The molecule has 0 unspecified atom stereocenters. The minimum atomic E-state index is -0.477. The number of carbonyl (C=O) groups is 1. The highest BCUT2D eigenvalue weighted by Crippen LogP contribution is 2.32. The molecule has 2 aromatic heterocycles. The molecule has 0 saturated heterocycles. The van der Waals surface area contributed by atoms with Crippen molar-refractivity contribution in [3.05, 3.63) is 52.9 Å².